The molecule has 0 spiro atoms. The van der Waals surface area contributed by atoms with Crippen molar-refractivity contribution < 1.29 is 19.0 Å². The average molecular weight is 349 g/mol. The molecule has 0 aromatic heterocycles. The summed E-state index contributed by atoms with van der Waals surface area (Å²) < 4.78 is 17.3. The topological polar surface area (TPSA) is 44.8 Å². The molecule has 5 heteroatoms. The summed E-state index contributed by atoms with van der Waals surface area (Å²) in [7, 11) is 0. The molecule has 1 aliphatic heterocycles. The predicted molar refractivity (Wildman–Crippen MR) is 80.3 cm³/mol. The van der Waals surface area contributed by atoms with Crippen molar-refractivity contribution >= 4 is 21.9 Å². The minimum Gasteiger partial charge on any atom is -0.485 e. The highest BCUT2D eigenvalue weighted by Gasteiger charge is 2.28. The van der Waals surface area contributed by atoms with Gasteiger partial charge in [0.1, 0.15) is 13.2 Å². The smallest absolute Gasteiger partial charge is 0.351 e. The number of hydrogen-bond donors (Lipinski definition) is 0. The van der Waals surface area contributed by atoms with E-state index < -0.39 is 12.1 Å². The SMILES string of the molecule is O=C(OCc1ccc(Br)cc1)[C@H]1COc2ccccc2O1. The molecular weight excluding hydrogens is 336 g/mol. The maximum absolute atomic E-state index is 12.0. The molecule has 3 rings (SSSR count). The van der Waals surface area contributed by atoms with E-state index in [2.05, 4.69) is 15.9 Å². The number of fused-ring (bicyclic) bond motifs is 1. The summed E-state index contributed by atoms with van der Waals surface area (Å²) >= 11 is 3.36. The van der Waals surface area contributed by atoms with E-state index in [0.29, 0.717) is 11.5 Å². The summed E-state index contributed by atoms with van der Waals surface area (Å²) in [4.78, 5) is 12.0. The molecule has 108 valence electrons. The van der Waals surface area contributed by atoms with Gasteiger partial charge in [-0.15, -0.1) is 0 Å². The molecule has 2 aromatic carbocycles. The van der Waals surface area contributed by atoms with Crippen molar-refractivity contribution in [1.29, 1.82) is 0 Å². The molecular formula is C16H13BrO4. The normalized spacial score (nSPS) is 16.3. The monoisotopic (exact) mass is 348 g/mol. The first-order valence-electron chi connectivity index (χ1n) is 6.52. The van der Waals surface area contributed by atoms with Crippen LogP contribution in [0.5, 0.6) is 11.5 Å². The lowest BCUT2D eigenvalue weighted by atomic mass is 10.2. The molecule has 0 N–H and O–H groups in total. The molecule has 0 bridgehead atoms. The number of ether oxygens (including phenoxy) is 3. The minimum absolute atomic E-state index is 0.163. The van der Waals surface area contributed by atoms with Gasteiger partial charge in [-0.3, -0.25) is 0 Å². The van der Waals surface area contributed by atoms with Gasteiger partial charge in [0, 0.05) is 4.47 Å². The fourth-order valence-electron chi connectivity index (χ4n) is 1.96. The zero-order valence-electron chi connectivity index (χ0n) is 11.1. The first kappa shape index (κ1) is 13.9. The van der Waals surface area contributed by atoms with Crippen molar-refractivity contribution in [3.63, 3.8) is 0 Å². The number of esters is 1. The van der Waals surface area contributed by atoms with Crippen molar-refractivity contribution in [3.05, 3.63) is 58.6 Å². The number of hydrogen-bond acceptors (Lipinski definition) is 4. The van der Waals surface area contributed by atoms with Crippen molar-refractivity contribution in [2.45, 2.75) is 12.7 Å². The van der Waals surface area contributed by atoms with Crippen LogP contribution in [-0.4, -0.2) is 18.7 Å². The van der Waals surface area contributed by atoms with E-state index >= 15 is 0 Å². The summed E-state index contributed by atoms with van der Waals surface area (Å²) in [5.41, 5.74) is 0.920. The van der Waals surface area contributed by atoms with Gasteiger partial charge in [0.25, 0.3) is 0 Å². The Morgan fingerprint density at radius 1 is 1.14 bits per heavy atom. The van der Waals surface area contributed by atoms with Crippen LogP contribution in [0.4, 0.5) is 0 Å². The van der Waals surface area contributed by atoms with E-state index in [0.717, 1.165) is 10.0 Å². The Bertz CT molecular complexity index is 639. The molecule has 1 heterocycles. The van der Waals surface area contributed by atoms with E-state index in [1.165, 1.54) is 0 Å². The second-order valence-corrected chi connectivity index (χ2v) is 5.51. The van der Waals surface area contributed by atoms with E-state index in [-0.39, 0.29) is 13.2 Å². The highest BCUT2D eigenvalue weighted by molar-refractivity contribution is 9.10. The highest BCUT2D eigenvalue weighted by Crippen LogP contribution is 2.31. The third-order valence-electron chi connectivity index (χ3n) is 3.07. The lowest BCUT2D eigenvalue weighted by Crippen LogP contribution is -2.37. The molecule has 21 heavy (non-hydrogen) atoms. The van der Waals surface area contributed by atoms with Crippen LogP contribution in [0.2, 0.25) is 0 Å². The zero-order chi connectivity index (χ0) is 14.7. The molecule has 4 nitrogen and oxygen atoms in total. The van der Waals surface area contributed by atoms with Crippen LogP contribution in [0.1, 0.15) is 5.56 Å². The Morgan fingerprint density at radius 2 is 1.86 bits per heavy atom. The largest absolute Gasteiger partial charge is 0.485 e. The summed E-state index contributed by atoms with van der Waals surface area (Å²) in [6, 6.07) is 14.9. The number of rotatable bonds is 3. The van der Waals surface area contributed by atoms with E-state index in [9.17, 15) is 4.79 Å². The molecule has 2 aromatic rings. The summed E-state index contributed by atoms with van der Waals surface area (Å²) in [5, 5.41) is 0. The molecule has 0 saturated carbocycles. The van der Waals surface area contributed by atoms with Crippen LogP contribution in [0.3, 0.4) is 0 Å². The molecule has 1 atom stereocenters. The van der Waals surface area contributed by atoms with Crippen molar-refractivity contribution in [2.75, 3.05) is 6.61 Å². The van der Waals surface area contributed by atoms with Gasteiger partial charge in [0.15, 0.2) is 11.5 Å². The molecule has 0 aliphatic carbocycles. The Kier molecular flexibility index (Phi) is 4.10. The van der Waals surface area contributed by atoms with E-state index in [4.69, 9.17) is 14.2 Å². The van der Waals surface area contributed by atoms with Gasteiger partial charge >= 0.3 is 5.97 Å². The summed E-state index contributed by atoms with van der Waals surface area (Å²) in [5.74, 6) is 0.788. The van der Waals surface area contributed by atoms with Crippen molar-refractivity contribution in [3.8, 4) is 11.5 Å². The average Bonchev–Trinajstić information content (AvgIpc) is 2.53. The standard InChI is InChI=1S/C16H13BrO4/c17-12-7-5-11(6-8-12)9-20-16(18)15-10-19-13-3-1-2-4-14(13)21-15/h1-8,15H,9-10H2/t15-/m1/s1. The summed E-state index contributed by atoms with van der Waals surface area (Å²) in [6.07, 6.45) is -0.727. The third kappa shape index (κ3) is 3.36. The third-order valence-corrected chi connectivity index (χ3v) is 3.59. The second-order valence-electron chi connectivity index (χ2n) is 4.60. The Morgan fingerprint density at radius 3 is 2.62 bits per heavy atom. The van der Waals surface area contributed by atoms with Crippen LogP contribution in [0, 0.1) is 0 Å². The Hall–Kier alpha value is -2.01. The van der Waals surface area contributed by atoms with Gasteiger partial charge < -0.3 is 14.2 Å². The van der Waals surface area contributed by atoms with Crippen LogP contribution in [-0.2, 0) is 16.1 Å². The molecule has 0 amide bonds. The number of para-hydroxylation sites is 2. The van der Waals surface area contributed by atoms with Gasteiger partial charge in [-0.25, -0.2) is 4.79 Å². The molecule has 0 fully saturated rings. The van der Waals surface area contributed by atoms with Gasteiger partial charge in [0.2, 0.25) is 6.10 Å². The predicted octanol–water partition coefficient (Wildman–Crippen LogP) is 3.33. The molecule has 0 unspecified atom stereocenters. The maximum atomic E-state index is 12.0. The van der Waals surface area contributed by atoms with Crippen molar-refractivity contribution in [2.24, 2.45) is 0 Å². The molecule has 0 radical (unpaired) electrons. The molecule has 1 aliphatic rings. The van der Waals surface area contributed by atoms with Gasteiger partial charge in [-0.2, -0.15) is 0 Å². The Labute approximate surface area is 130 Å². The number of halogens is 1. The van der Waals surface area contributed by atoms with E-state index in [1.54, 1.807) is 12.1 Å². The van der Waals surface area contributed by atoms with Gasteiger partial charge in [0.05, 0.1) is 0 Å². The number of benzene rings is 2. The second kappa shape index (κ2) is 6.18. The van der Waals surface area contributed by atoms with Crippen LogP contribution in [0.25, 0.3) is 0 Å². The van der Waals surface area contributed by atoms with Crippen molar-refractivity contribution in [1.82, 2.24) is 0 Å². The maximum Gasteiger partial charge on any atom is 0.351 e. The fraction of sp³-hybridized carbons (Fsp3) is 0.188. The first-order valence-corrected chi connectivity index (χ1v) is 7.31. The first-order chi connectivity index (χ1) is 10.2. The van der Waals surface area contributed by atoms with Gasteiger partial charge in [-0.05, 0) is 29.8 Å². The number of carbonyl (C=O) groups excluding carboxylic acids is 1. The zero-order valence-corrected chi connectivity index (χ0v) is 12.7. The number of carbonyl (C=O) groups is 1. The lowest BCUT2D eigenvalue weighted by Gasteiger charge is -2.24. The van der Waals surface area contributed by atoms with Crippen LogP contribution < -0.4 is 9.47 Å². The van der Waals surface area contributed by atoms with Crippen LogP contribution in [0.15, 0.2) is 53.0 Å². The minimum atomic E-state index is -0.727. The lowest BCUT2D eigenvalue weighted by molar-refractivity contribution is -0.155. The quantitative estimate of drug-likeness (QED) is 0.798. The molecule has 0 saturated heterocycles. The fourth-order valence-corrected chi connectivity index (χ4v) is 2.23. The summed E-state index contributed by atoms with van der Waals surface area (Å²) in [6.45, 7) is 0.379. The van der Waals surface area contributed by atoms with E-state index in [1.807, 2.05) is 36.4 Å². The van der Waals surface area contributed by atoms with Gasteiger partial charge in [-0.1, -0.05) is 40.2 Å². The Balaban J connectivity index is 1.58. The highest BCUT2D eigenvalue weighted by atomic mass is 79.9. The van der Waals surface area contributed by atoms with Crippen LogP contribution >= 0.6 is 15.9 Å².